The van der Waals surface area contributed by atoms with Gasteiger partial charge >= 0.3 is 17.9 Å². The number of carboxylic acid groups (broad SMARTS) is 3. The zero-order chi connectivity index (χ0) is 29.0. The van der Waals surface area contributed by atoms with Gasteiger partial charge in [-0.15, -0.1) is 0 Å². The van der Waals surface area contributed by atoms with Crippen LogP contribution in [0.2, 0.25) is 0 Å². The Bertz CT molecular complexity index is 1520. The number of carbonyl (C=O) groups is 3. The van der Waals surface area contributed by atoms with Crippen LogP contribution in [0.4, 0.5) is 0 Å². The van der Waals surface area contributed by atoms with Crippen molar-refractivity contribution in [1.82, 2.24) is 29.0 Å². The van der Waals surface area contributed by atoms with Gasteiger partial charge in [0.05, 0.1) is 43.0 Å². The van der Waals surface area contributed by atoms with Crippen LogP contribution in [0.15, 0.2) is 31.0 Å². The van der Waals surface area contributed by atoms with Gasteiger partial charge in [0.2, 0.25) is 10.0 Å². The minimum atomic E-state index is -3.27. The molecule has 0 aliphatic carbocycles. The van der Waals surface area contributed by atoms with Crippen LogP contribution in [0.3, 0.4) is 0 Å². The number of aliphatic carboxylic acids is 3. The van der Waals surface area contributed by atoms with Gasteiger partial charge in [-0.2, -0.15) is 14.7 Å². The number of aromatic nitrogens is 5. The smallest absolute Gasteiger partial charge is 0.336 e. The Kier molecular flexibility index (Phi) is 8.33. The van der Waals surface area contributed by atoms with Crippen molar-refractivity contribution in [2.24, 2.45) is 0 Å². The molecule has 39 heavy (non-hydrogen) atoms. The van der Waals surface area contributed by atoms with Crippen LogP contribution < -0.4 is 0 Å². The first-order valence-corrected chi connectivity index (χ1v) is 13.0. The molecule has 1 aliphatic rings. The highest BCUT2D eigenvalue weighted by Gasteiger charge is 2.49. The van der Waals surface area contributed by atoms with Crippen LogP contribution in [0.1, 0.15) is 26.2 Å². The van der Waals surface area contributed by atoms with Gasteiger partial charge in [-0.05, 0) is 13.0 Å². The third kappa shape index (κ3) is 6.19. The molecule has 17 heteroatoms. The Balaban J connectivity index is 0.000000276. The van der Waals surface area contributed by atoms with Gasteiger partial charge in [0, 0.05) is 36.4 Å². The van der Waals surface area contributed by atoms with E-state index in [4.69, 9.17) is 20.4 Å². The van der Waals surface area contributed by atoms with Gasteiger partial charge in [0.15, 0.2) is 5.60 Å². The third-order valence-corrected chi connectivity index (χ3v) is 7.86. The number of aliphatic hydroxyl groups is 1. The van der Waals surface area contributed by atoms with Crippen molar-refractivity contribution in [3.05, 3.63) is 31.0 Å². The largest absolute Gasteiger partial charge is 0.481 e. The van der Waals surface area contributed by atoms with Crippen molar-refractivity contribution < 1.29 is 43.2 Å². The van der Waals surface area contributed by atoms with Gasteiger partial charge < -0.3 is 25.4 Å². The Labute approximate surface area is 221 Å². The summed E-state index contributed by atoms with van der Waals surface area (Å²) in [6.45, 7) is 2.12. The molecular weight excluding hydrogens is 538 g/mol. The van der Waals surface area contributed by atoms with Crippen molar-refractivity contribution in [3.63, 3.8) is 0 Å². The second-order valence-corrected chi connectivity index (χ2v) is 11.1. The second kappa shape index (κ2) is 11.1. The number of nitrogens with zero attached hydrogens (tertiary/aromatic N) is 6. The molecule has 1 aliphatic heterocycles. The Hall–Kier alpha value is -4.40. The van der Waals surface area contributed by atoms with Crippen LogP contribution in [-0.4, -0.2) is 100 Å². The maximum absolute atomic E-state index is 12.0. The van der Waals surface area contributed by atoms with Crippen LogP contribution in [0.5, 0.6) is 0 Å². The molecule has 208 valence electrons. The van der Waals surface area contributed by atoms with Crippen LogP contribution >= 0.6 is 0 Å². The van der Waals surface area contributed by atoms with E-state index < -0.39 is 51.9 Å². The lowest BCUT2D eigenvalue weighted by atomic mass is 9.89. The van der Waals surface area contributed by atoms with E-state index >= 15 is 0 Å². The van der Waals surface area contributed by atoms with Gasteiger partial charge in [0.1, 0.15) is 17.5 Å². The number of hydrogen-bond acceptors (Lipinski definition) is 10. The number of nitriles is 1. The average molecular weight is 564 g/mol. The normalized spacial score (nSPS) is 15.0. The first kappa shape index (κ1) is 29.2. The van der Waals surface area contributed by atoms with Gasteiger partial charge in [-0.25, -0.2) is 23.2 Å². The van der Waals surface area contributed by atoms with E-state index in [0.29, 0.717) is 0 Å². The number of rotatable bonds is 10. The predicted molar refractivity (Wildman–Crippen MR) is 131 cm³/mol. The summed E-state index contributed by atoms with van der Waals surface area (Å²) in [6, 6.07) is 4.06. The van der Waals surface area contributed by atoms with Crippen molar-refractivity contribution in [2.45, 2.75) is 37.3 Å². The number of aromatic amines is 1. The number of hydrogen-bond donors (Lipinski definition) is 5. The molecule has 1 fully saturated rings. The van der Waals surface area contributed by atoms with E-state index in [-0.39, 0.29) is 25.3 Å². The molecule has 16 nitrogen and oxygen atoms in total. The lowest BCUT2D eigenvalue weighted by Crippen LogP contribution is -2.64. The zero-order valence-electron chi connectivity index (χ0n) is 20.6. The highest BCUT2D eigenvalue weighted by molar-refractivity contribution is 7.89. The predicted octanol–water partition coefficient (Wildman–Crippen LogP) is -0.153. The summed E-state index contributed by atoms with van der Waals surface area (Å²) in [7, 11) is -3.27. The number of H-pyrrole nitrogens is 1. The minimum Gasteiger partial charge on any atom is -0.481 e. The molecule has 0 spiro atoms. The molecule has 0 atom stereocenters. The summed E-state index contributed by atoms with van der Waals surface area (Å²) in [5.41, 5.74) is -1.10. The van der Waals surface area contributed by atoms with E-state index in [0.717, 1.165) is 22.3 Å². The third-order valence-electron chi connectivity index (χ3n) is 6.09. The molecule has 5 N–H and O–H groups in total. The maximum Gasteiger partial charge on any atom is 0.336 e. The standard InChI is InChI=1S/C16H17N7O2S.C6H8O7/c1-2-26(24,25)22-9-16(10-22,4-5-17)23-8-12(7-21-23)14-13-3-6-18-15(13)20-11-19-14;7-3(8)1-6(13,5(11)12)2-4(9)10/h3,6-8,11H,2,4,9-10H2,1H3,(H,18,19,20);13H,1-2H2,(H,7,8)(H,9,10)(H,11,12). The summed E-state index contributed by atoms with van der Waals surface area (Å²) in [5.74, 6) is -4.97. The first-order valence-electron chi connectivity index (χ1n) is 11.3. The molecule has 0 aromatic carbocycles. The molecule has 3 aromatic rings. The van der Waals surface area contributed by atoms with E-state index in [1.54, 1.807) is 24.0 Å². The SMILES string of the molecule is CCS(=O)(=O)N1CC(CC#N)(n2cc(-c3ncnc4[nH]ccc34)cn2)C1.O=C(O)CC(O)(CC(=O)O)C(=O)O. The molecular formula is C22H25N7O9S. The van der Waals surface area contributed by atoms with E-state index in [1.165, 1.54) is 10.6 Å². The Morgan fingerprint density at radius 1 is 1.18 bits per heavy atom. The molecule has 1 saturated heterocycles. The minimum absolute atomic E-state index is 0.0480. The monoisotopic (exact) mass is 563 g/mol. The van der Waals surface area contributed by atoms with Gasteiger partial charge in [-0.1, -0.05) is 0 Å². The van der Waals surface area contributed by atoms with Crippen LogP contribution in [0.25, 0.3) is 22.3 Å². The van der Waals surface area contributed by atoms with Gasteiger partial charge in [-0.3, -0.25) is 14.3 Å². The molecule has 4 rings (SSSR count). The fraction of sp³-hybridized carbons (Fsp3) is 0.409. The Morgan fingerprint density at radius 3 is 2.36 bits per heavy atom. The van der Waals surface area contributed by atoms with E-state index in [9.17, 15) is 28.1 Å². The number of sulfonamides is 1. The summed E-state index contributed by atoms with van der Waals surface area (Å²) in [6.07, 6.45) is 4.68. The Morgan fingerprint density at radius 2 is 1.82 bits per heavy atom. The van der Waals surface area contributed by atoms with Crippen LogP contribution in [-0.2, 0) is 29.9 Å². The quantitative estimate of drug-likeness (QED) is 0.215. The number of fused-ring (bicyclic) bond motifs is 1. The lowest BCUT2D eigenvalue weighted by molar-refractivity contribution is -0.170. The summed E-state index contributed by atoms with van der Waals surface area (Å²) in [4.78, 5) is 42.1. The van der Waals surface area contributed by atoms with E-state index in [2.05, 4.69) is 26.1 Å². The lowest BCUT2D eigenvalue weighted by Gasteiger charge is -2.47. The highest BCUT2D eigenvalue weighted by Crippen LogP contribution is 2.35. The highest BCUT2D eigenvalue weighted by atomic mass is 32.2. The van der Waals surface area contributed by atoms with Crippen molar-refractivity contribution in [2.75, 3.05) is 18.8 Å². The number of carboxylic acids is 3. The van der Waals surface area contributed by atoms with Crippen LogP contribution in [0, 0.1) is 11.3 Å². The molecule has 0 bridgehead atoms. The molecule has 0 radical (unpaired) electrons. The average Bonchev–Trinajstić information content (AvgIpc) is 3.50. The molecule has 4 heterocycles. The molecule has 0 saturated carbocycles. The maximum atomic E-state index is 12.0. The van der Waals surface area contributed by atoms with E-state index in [1.807, 2.05) is 12.3 Å². The fourth-order valence-corrected chi connectivity index (χ4v) is 5.23. The summed E-state index contributed by atoms with van der Waals surface area (Å²) in [5, 5.41) is 48.3. The second-order valence-electron chi connectivity index (χ2n) is 8.84. The molecule has 3 aromatic heterocycles. The molecule has 0 amide bonds. The fourth-order valence-electron chi connectivity index (χ4n) is 4.00. The number of nitrogens with one attached hydrogen (secondary N) is 1. The summed E-state index contributed by atoms with van der Waals surface area (Å²) < 4.78 is 27.2. The van der Waals surface area contributed by atoms with Crippen molar-refractivity contribution >= 4 is 39.0 Å². The van der Waals surface area contributed by atoms with Crippen molar-refractivity contribution in [3.8, 4) is 17.3 Å². The first-order chi connectivity index (χ1) is 18.3. The zero-order valence-corrected chi connectivity index (χ0v) is 21.4. The van der Waals surface area contributed by atoms with Crippen molar-refractivity contribution in [1.29, 1.82) is 5.26 Å². The molecule has 0 unspecified atom stereocenters. The van der Waals surface area contributed by atoms with Gasteiger partial charge in [0.25, 0.3) is 0 Å². The topological polar surface area (TPSA) is 253 Å². The summed E-state index contributed by atoms with van der Waals surface area (Å²) >= 11 is 0.